The number of hydrazone groups is 1. The molecule has 0 bridgehead atoms. The summed E-state index contributed by atoms with van der Waals surface area (Å²) in [4.78, 5) is 24.1. The van der Waals surface area contributed by atoms with Crippen LogP contribution in [0.4, 0.5) is 0 Å². The van der Waals surface area contributed by atoms with Crippen molar-refractivity contribution >= 4 is 17.5 Å². The van der Waals surface area contributed by atoms with E-state index in [1.54, 1.807) is 7.11 Å². The molecular weight excluding hydrogens is 294 g/mol. The van der Waals surface area contributed by atoms with Gasteiger partial charge in [-0.25, -0.2) is 5.01 Å². The van der Waals surface area contributed by atoms with Crippen molar-refractivity contribution < 1.29 is 14.3 Å². The van der Waals surface area contributed by atoms with Crippen molar-refractivity contribution in [2.45, 2.75) is 32.2 Å². The average Bonchev–Trinajstić information content (AvgIpc) is 2.57. The first-order valence-corrected chi connectivity index (χ1v) is 7.89. The minimum absolute atomic E-state index is 0.0505. The van der Waals surface area contributed by atoms with Crippen LogP contribution in [-0.2, 0) is 20.9 Å². The van der Waals surface area contributed by atoms with Gasteiger partial charge < -0.3 is 10.1 Å². The van der Waals surface area contributed by atoms with Gasteiger partial charge in [0.05, 0.1) is 6.54 Å². The van der Waals surface area contributed by atoms with E-state index in [1.807, 2.05) is 30.3 Å². The largest absolute Gasteiger partial charge is 0.385 e. The highest BCUT2D eigenvalue weighted by molar-refractivity contribution is 6.39. The van der Waals surface area contributed by atoms with Crippen LogP contribution in [0.5, 0.6) is 0 Å². The molecule has 1 aliphatic heterocycles. The van der Waals surface area contributed by atoms with Crippen LogP contribution in [0.2, 0.25) is 0 Å². The molecule has 0 saturated carbocycles. The molecule has 0 spiro atoms. The molecule has 0 saturated heterocycles. The Kier molecular flexibility index (Phi) is 6.75. The number of unbranched alkanes of at least 4 members (excludes halogenated alkanes) is 1. The van der Waals surface area contributed by atoms with Crippen molar-refractivity contribution in [1.82, 2.24) is 10.3 Å². The lowest BCUT2D eigenvalue weighted by molar-refractivity contribution is -0.132. The maximum atomic E-state index is 12.1. The Morgan fingerprint density at radius 3 is 2.78 bits per heavy atom. The predicted octanol–water partition coefficient (Wildman–Crippen LogP) is 1.71. The molecule has 0 fully saturated rings. The average molecular weight is 317 g/mol. The monoisotopic (exact) mass is 317 g/mol. The summed E-state index contributed by atoms with van der Waals surface area (Å²) in [7, 11) is 1.66. The Morgan fingerprint density at radius 2 is 2.04 bits per heavy atom. The van der Waals surface area contributed by atoms with E-state index >= 15 is 0 Å². The maximum Gasteiger partial charge on any atom is 0.267 e. The zero-order valence-electron chi connectivity index (χ0n) is 13.5. The first kappa shape index (κ1) is 17.1. The van der Waals surface area contributed by atoms with E-state index in [0.717, 1.165) is 18.4 Å². The molecule has 2 rings (SSSR count). The summed E-state index contributed by atoms with van der Waals surface area (Å²) in [6, 6.07) is 9.63. The lowest BCUT2D eigenvalue weighted by Crippen LogP contribution is -2.39. The lowest BCUT2D eigenvalue weighted by atomic mass is 10.1. The fourth-order valence-electron chi connectivity index (χ4n) is 2.32. The van der Waals surface area contributed by atoms with E-state index in [1.165, 1.54) is 5.01 Å². The molecule has 0 aliphatic carbocycles. The fraction of sp³-hybridized carbons (Fsp3) is 0.471. The zero-order chi connectivity index (χ0) is 16.5. The van der Waals surface area contributed by atoms with Crippen LogP contribution < -0.4 is 5.32 Å². The van der Waals surface area contributed by atoms with E-state index in [-0.39, 0.29) is 11.8 Å². The Hall–Kier alpha value is -2.21. The Balaban J connectivity index is 1.89. The van der Waals surface area contributed by atoms with Gasteiger partial charge in [0, 0.05) is 33.1 Å². The molecule has 23 heavy (non-hydrogen) atoms. The van der Waals surface area contributed by atoms with Gasteiger partial charge in [-0.15, -0.1) is 0 Å². The van der Waals surface area contributed by atoms with Gasteiger partial charge in [-0.3, -0.25) is 9.59 Å². The fourth-order valence-corrected chi connectivity index (χ4v) is 2.32. The van der Waals surface area contributed by atoms with Crippen LogP contribution in [0.1, 0.15) is 31.2 Å². The SMILES string of the molecule is COCCCCNC(=O)C1=NN(Cc2ccccc2)C(=O)CC1. The molecule has 0 atom stereocenters. The Bertz CT molecular complexity index is 557. The molecule has 124 valence electrons. The van der Waals surface area contributed by atoms with Crippen molar-refractivity contribution in [3.8, 4) is 0 Å². The number of amides is 2. The molecule has 1 heterocycles. The van der Waals surface area contributed by atoms with Crippen LogP contribution in [0.3, 0.4) is 0 Å². The molecule has 2 amide bonds. The minimum atomic E-state index is -0.187. The van der Waals surface area contributed by atoms with Gasteiger partial charge in [0.1, 0.15) is 5.71 Å². The number of benzene rings is 1. The molecule has 1 aliphatic rings. The molecule has 1 aromatic rings. The van der Waals surface area contributed by atoms with Crippen molar-refractivity contribution in [3.63, 3.8) is 0 Å². The van der Waals surface area contributed by atoms with Crippen molar-refractivity contribution in [3.05, 3.63) is 35.9 Å². The van der Waals surface area contributed by atoms with Crippen LogP contribution in [0, 0.1) is 0 Å². The van der Waals surface area contributed by atoms with E-state index in [0.29, 0.717) is 38.2 Å². The van der Waals surface area contributed by atoms with Gasteiger partial charge in [0.25, 0.3) is 5.91 Å². The Morgan fingerprint density at radius 1 is 1.26 bits per heavy atom. The number of nitrogens with one attached hydrogen (secondary N) is 1. The predicted molar refractivity (Wildman–Crippen MR) is 87.8 cm³/mol. The summed E-state index contributed by atoms with van der Waals surface area (Å²) < 4.78 is 4.97. The first-order valence-electron chi connectivity index (χ1n) is 7.89. The molecule has 0 radical (unpaired) electrons. The number of rotatable bonds is 8. The molecule has 0 unspecified atom stereocenters. The van der Waals surface area contributed by atoms with Crippen LogP contribution in [-0.4, -0.2) is 42.8 Å². The summed E-state index contributed by atoms with van der Waals surface area (Å²) in [6.45, 7) is 1.67. The summed E-state index contributed by atoms with van der Waals surface area (Å²) in [5.74, 6) is -0.238. The van der Waals surface area contributed by atoms with Crippen molar-refractivity contribution in [2.75, 3.05) is 20.3 Å². The van der Waals surface area contributed by atoms with E-state index in [4.69, 9.17) is 4.74 Å². The molecular formula is C17H23N3O3. The Labute approximate surface area is 136 Å². The number of hydrogen-bond donors (Lipinski definition) is 1. The number of nitrogens with zero attached hydrogens (tertiary/aromatic N) is 2. The third-order valence-electron chi connectivity index (χ3n) is 3.60. The van der Waals surface area contributed by atoms with E-state index in [2.05, 4.69) is 10.4 Å². The highest BCUT2D eigenvalue weighted by Crippen LogP contribution is 2.13. The summed E-state index contributed by atoms with van der Waals surface area (Å²) >= 11 is 0. The number of ether oxygens (including phenoxy) is 1. The summed E-state index contributed by atoms with van der Waals surface area (Å²) in [6.07, 6.45) is 2.48. The molecule has 1 N–H and O–H groups in total. The summed E-state index contributed by atoms with van der Waals surface area (Å²) in [5.41, 5.74) is 1.41. The first-order chi connectivity index (χ1) is 11.2. The molecule has 6 nitrogen and oxygen atoms in total. The second-order valence-electron chi connectivity index (χ2n) is 5.44. The third kappa shape index (κ3) is 5.49. The highest BCUT2D eigenvalue weighted by Gasteiger charge is 2.24. The number of carbonyl (C=O) groups excluding carboxylic acids is 2. The number of hydrogen-bond acceptors (Lipinski definition) is 4. The van der Waals surface area contributed by atoms with E-state index < -0.39 is 0 Å². The van der Waals surface area contributed by atoms with Crippen LogP contribution in [0.15, 0.2) is 35.4 Å². The maximum absolute atomic E-state index is 12.1. The molecule has 0 aromatic heterocycles. The molecule has 6 heteroatoms. The van der Waals surface area contributed by atoms with E-state index in [9.17, 15) is 9.59 Å². The second-order valence-corrected chi connectivity index (χ2v) is 5.44. The van der Waals surface area contributed by atoms with Gasteiger partial charge in [0.15, 0.2) is 0 Å². The van der Waals surface area contributed by atoms with Gasteiger partial charge in [-0.05, 0) is 18.4 Å². The lowest BCUT2D eigenvalue weighted by Gasteiger charge is -2.23. The van der Waals surface area contributed by atoms with Crippen LogP contribution >= 0.6 is 0 Å². The van der Waals surface area contributed by atoms with Crippen LogP contribution in [0.25, 0.3) is 0 Å². The highest BCUT2D eigenvalue weighted by atomic mass is 16.5. The topological polar surface area (TPSA) is 71.0 Å². The standard InChI is InChI=1S/C17H23N3O3/c1-23-12-6-5-11-18-17(22)15-9-10-16(21)20(19-15)13-14-7-3-2-4-8-14/h2-4,7-8H,5-6,9-13H2,1H3,(H,18,22). The van der Waals surface area contributed by atoms with Crippen molar-refractivity contribution in [1.29, 1.82) is 0 Å². The third-order valence-corrected chi connectivity index (χ3v) is 3.60. The zero-order valence-corrected chi connectivity index (χ0v) is 13.5. The normalized spacial score (nSPS) is 14.6. The second kappa shape index (κ2) is 9.05. The summed E-state index contributed by atoms with van der Waals surface area (Å²) in [5, 5.41) is 8.47. The van der Waals surface area contributed by atoms with Gasteiger partial charge in [-0.2, -0.15) is 5.10 Å². The van der Waals surface area contributed by atoms with Gasteiger partial charge in [0.2, 0.25) is 5.91 Å². The molecule has 1 aromatic carbocycles. The number of methoxy groups -OCH3 is 1. The van der Waals surface area contributed by atoms with Gasteiger partial charge in [-0.1, -0.05) is 30.3 Å². The minimum Gasteiger partial charge on any atom is -0.385 e. The van der Waals surface area contributed by atoms with Gasteiger partial charge >= 0.3 is 0 Å². The smallest absolute Gasteiger partial charge is 0.267 e. The quantitative estimate of drug-likeness (QED) is 0.742. The van der Waals surface area contributed by atoms with Crippen molar-refractivity contribution in [2.24, 2.45) is 5.10 Å². The number of carbonyl (C=O) groups is 2.